The molecule has 0 atom stereocenters. The summed E-state index contributed by atoms with van der Waals surface area (Å²) in [6.45, 7) is 6.05. The molecule has 0 aliphatic carbocycles. The average molecular weight is 280 g/mol. The van der Waals surface area contributed by atoms with Gasteiger partial charge >= 0.3 is 0 Å². The maximum Gasteiger partial charge on any atom is 0.233 e. The fourth-order valence-electron chi connectivity index (χ4n) is 1.82. The van der Waals surface area contributed by atoms with Crippen LogP contribution in [0, 0.1) is 0 Å². The van der Waals surface area contributed by atoms with Gasteiger partial charge in [-0.05, 0) is 45.0 Å². The fraction of sp³-hybridized carbons (Fsp3) is 0.533. The third-order valence-electron chi connectivity index (χ3n) is 2.68. The lowest BCUT2D eigenvalue weighted by molar-refractivity contribution is -0.120. The summed E-state index contributed by atoms with van der Waals surface area (Å²) in [6, 6.07) is 5.88. The SMILES string of the molecule is CCOc1ccc(CCNC(=O)CNC)cc1OCC. The van der Waals surface area contributed by atoms with Gasteiger partial charge in [-0.3, -0.25) is 4.79 Å². The molecule has 5 heteroatoms. The van der Waals surface area contributed by atoms with Gasteiger partial charge in [-0.1, -0.05) is 6.07 Å². The second kappa shape index (κ2) is 9.20. The predicted molar refractivity (Wildman–Crippen MR) is 79.4 cm³/mol. The van der Waals surface area contributed by atoms with Crippen molar-refractivity contribution in [2.45, 2.75) is 20.3 Å². The summed E-state index contributed by atoms with van der Waals surface area (Å²) >= 11 is 0. The van der Waals surface area contributed by atoms with E-state index < -0.39 is 0 Å². The lowest BCUT2D eigenvalue weighted by Gasteiger charge is -2.12. The third kappa shape index (κ3) is 5.48. The van der Waals surface area contributed by atoms with E-state index in [4.69, 9.17) is 9.47 Å². The van der Waals surface area contributed by atoms with Crippen LogP contribution in [0.4, 0.5) is 0 Å². The molecule has 0 saturated heterocycles. The van der Waals surface area contributed by atoms with E-state index in [1.807, 2.05) is 32.0 Å². The molecule has 0 aliphatic rings. The standard InChI is InChI=1S/C15H24N2O3/c1-4-19-13-7-6-12(10-14(13)20-5-2)8-9-17-15(18)11-16-3/h6-7,10,16H,4-5,8-9,11H2,1-3H3,(H,17,18). The average Bonchev–Trinajstić information content (AvgIpc) is 2.42. The van der Waals surface area contributed by atoms with E-state index in [2.05, 4.69) is 10.6 Å². The normalized spacial score (nSPS) is 10.2. The molecule has 1 rings (SSSR count). The van der Waals surface area contributed by atoms with E-state index in [1.165, 1.54) is 0 Å². The van der Waals surface area contributed by atoms with Gasteiger partial charge in [0.1, 0.15) is 0 Å². The van der Waals surface area contributed by atoms with Crippen LogP contribution in [0.5, 0.6) is 11.5 Å². The van der Waals surface area contributed by atoms with Gasteiger partial charge < -0.3 is 20.1 Å². The molecule has 0 saturated carbocycles. The first-order chi connectivity index (χ1) is 9.71. The summed E-state index contributed by atoms with van der Waals surface area (Å²) in [4.78, 5) is 11.3. The zero-order chi connectivity index (χ0) is 14.8. The van der Waals surface area contributed by atoms with Crippen molar-refractivity contribution in [2.75, 3.05) is 33.4 Å². The van der Waals surface area contributed by atoms with E-state index in [0.717, 1.165) is 23.5 Å². The van der Waals surface area contributed by atoms with Gasteiger partial charge in [-0.15, -0.1) is 0 Å². The minimum absolute atomic E-state index is 0.00321. The Bertz CT molecular complexity index is 422. The van der Waals surface area contributed by atoms with Crippen LogP contribution in [0.3, 0.4) is 0 Å². The Hall–Kier alpha value is -1.75. The van der Waals surface area contributed by atoms with Crippen molar-refractivity contribution in [3.05, 3.63) is 23.8 Å². The van der Waals surface area contributed by atoms with Crippen LogP contribution in [-0.2, 0) is 11.2 Å². The van der Waals surface area contributed by atoms with E-state index in [0.29, 0.717) is 26.3 Å². The summed E-state index contributed by atoms with van der Waals surface area (Å²) in [7, 11) is 1.75. The Kier molecular flexibility index (Phi) is 7.50. The first-order valence-electron chi connectivity index (χ1n) is 7.01. The molecule has 1 aromatic rings. The first kappa shape index (κ1) is 16.3. The van der Waals surface area contributed by atoms with Crippen molar-refractivity contribution in [1.82, 2.24) is 10.6 Å². The molecular weight excluding hydrogens is 256 g/mol. The molecule has 0 unspecified atom stereocenters. The van der Waals surface area contributed by atoms with Crippen LogP contribution in [0.15, 0.2) is 18.2 Å². The highest BCUT2D eigenvalue weighted by Crippen LogP contribution is 2.28. The summed E-state index contributed by atoms with van der Waals surface area (Å²) in [6.07, 6.45) is 0.766. The maximum atomic E-state index is 11.3. The number of carbonyl (C=O) groups is 1. The van der Waals surface area contributed by atoms with Crippen LogP contribution in [-0.4, -0.2) is 39.3 Å². The lowest BCUT2D eigenvalue weighted by Crippen LogP contribution is -2.33. The number of nitrogens with one attached hydrogen (secondary N) is 2. The van der Waals surface area contributed by atoms with E-state index >= 15 is 0 Å². The number of hydrogen-bond donors (Lipinski definition) is 2. The summed E-state index contributed by atoms with van der Waals surface area (Å²) in [5.74, 6) is 1.52. The van der Waals surface area contributed by atoms with Crippen molar-refractivity contribution in [3.63, 3.8) is 0 Å². The van der Waals surface area contributed by atoms with Crippen LogP contribution in [0.1, 0.15) is 19.4 Å². The smallest absolute Gasteiger partial charge is 0.233 e. The summed E-state index contributed by atoms with van der Waals surface area (Å²) in [5.41, 5.74) is 1.11. The number of ether oxygens (including phenoxy) is 2. The number of carbonyl (C=O) groups excluding carboxylic acids is 1. The molecule has 112 valence electrons. The van der Waals surface area contributed by atoms with Gasteiger partial charge in [0, 0.05) is 6.54 Å². The minimum Gasteiger partial charge on any atom is -0.490 e. The molecule has 0 spiro atoms. The third-order valence-corrected chi connectivity index (χ3v) is 2.68. The van der Waals surface area contributed by atoms with Gasteiger partial charge in [-0.2, -0.15) is 0 Å². The molecule has 1 amide bonds. The highest BCUT2D eigenvalue weighted by molar-refractivity contribution is 5.77. The van der Waals surface area contributed by atoms with Crippen molar-refractivity contribution in [1.29, 1.82) is 0 Å². The van der Waals surface area contributed by atoms with Gasteiger partial charge in [0.2, 0.25) is 5.91 Å². The molecule has 0 heterocycles. The molecule has 5 nitrogen and oxygen atoms in total. The highest BCUT2D eigenvalue weighted by Gasteiger charge is 2.06. The van der Waals surface area contributed by atoms with Gasteiger partial charge in [0.05, 0.1) is 19.8 Å². The van der Waals surface area contributed by atoms with Gasteiger partial charge in [0.25, 0.3) is 0 Å². The summed E-state index contributed by atoms with van der Waals surface area (Å²) < 4.78 is 11.1. The number of benzene rings is 1. The van der Waals surface area contributed by atoms with E-state index in [1.54, 1.807) is 7.05 Å². The Balaban J connectivity index is 2.57. The van der Waals surface area contributed by atoms with Crippen LogP contribution in [0.25, 0.3) is 0 Å². The Morgan fingerprint density at radius 1 is 1.15 bits per heavy atom. The molecule has 1 aromatic carbocycles. The zero-order valence-electron chi connectivity index (χ0n) is 12.5. The molecule has 0 radical (unpaired) electrons. The van der Waals surface area contributed by atoms with Crippen molar-refractivity contribution in [2.24, 2.45) is 0 Å². The lowest BCUT2D eigenvalue weighted by atomic mass is 10.1. The number of likely N-dealkylation sites (N-methyl/N-ethyl adjacent to an activating group) is 1. The number of hydrogen-bond acceptors (Lipinski definition) is 4. The molecule has 0 aromatic heterocycles. The molecule has 0 bridgehead atoms. The Labute approximate surface area is 120 Å². The monoisotopic (exact) mass is 280 g/mol. The van der Waals surface area contributed by atoms with Crippen LogP contribution in [0.2, 0.25) is 0 Å². The van der Waals surface area contributed by atoms with E-state index in [9.17, 15) is 4.79 Å². The maximum absolute atomic E-state index is 11.3. The van der Waals surface area contributed by atoms with Gasteiger partial charge in [-0.25, -0.2) is 0 Å². The Morgan fingerprint density at radius 2 is 1.85 bits per heavy atom. The van der Waals surface area contributed by atoms with Crippen molar-refractivity contribution in [3.8, 4) is 11.5 Å². The summed E-state index contributed by atoms with van der Waals surface area (Å²) in [5, 5.41) is 5.66. The number of amides is 1. The highest BCUT2D eigenvalue weighted by atomic mass is 16.5. The van der Waals surface area contributed by atoms with Crippen LogP contribution < -0.4 is 20.1 Å². The first-order valence-corrected chi connectivity index (χ1v) is 7.01. The molecule has 20 heavy (non-hydrogen) atoms. The Morgan fingerprint density at radius 3 is 2.50 bits per heavy atom. The molecule has 2 N–H and O–H groups in total. The number of rotatable bonds is 9. The van der Waals surface area contributed by atoms with E-state index in [-0.39, 0.29) is 5.91 Å². The molecule has 0 aliphatic heterocycles. The quantitative estimate of drug-likeness (QED) is 0.717. The van der Waals surface area contributed by atoms with Gasteiger partial charge in [0.15, 0.2) is 11.5 Å². The predicted octanol–water partition coefficient (Wildman–Crippen LogP) is 1.36. The topological polar surface area (TPSA) is 59.6 Å². The largest absolute Gasteiger partial charge is 0.490 e. The van der Waals surface area contributed by atoms with Crippen molar-refractivity contribution < 1.29 is 14.3 Å². The fourth-order valence-corrected chi connectivity index (χ4v) is 1.82. The molecular formula is C15H24N2O3. The zero-order valence-corrected chi connectivity index (χ0v) is 12.5. The van der Waals surface area contributed by atoms with Crippen molar-refractivity contribution >= 4 is 5.91 Å². The van der Waals surface area contributed by atoms with Crippen LogP contribution >= 0.6 is 0 Å². The second-order valence-electron chi connectivity index (χ2n) is 4.28. The minimum atomic E-state index is 0.00321. The second-order valence-corrected chi connectivity index (χ2v) is 4.28. The molecule has 0 fully saturated rings.